The molecule has 2 aromatic rings. The van der Waals surface area contributed by atoms with Gasteiger partial charge in [0.15, 0.2) is 0 Å². The smallest absolute Gasteiger partial charge is 0.255 e. The van der Waals surface area contributed by atoms with E-state index in [-0.39, 0.29) is 11.8 Å². The summed E-state index contributed by atoms with van der Waals surface area (Å²) in [4.78, 5) is 30.3. The van der Waals surface area contributed by atoms with Crippen LogP contribution in [-0.4, -0.2) is 34.8 Å². The fourth-order valence-corrected chi connectivity index (χ4v) is 2.50. The van der Waals surface area contributed by atoms with Gasteiger partial charge in [0.2, 0.25) is 0 Å². The van der Waals surface area contributed by atoms with Gasteiger partial charge >= 0.3 is 0 Å². The van der Waals surface area contributed by atoms with Crippen molar-refractivity contribution in [1.82, 2.24) is 15.2 Å². The van der Waals surface area contributed by atoms with Crippen molar-refractivity contribution in [2.45, 2.75) is 20.4 Å². The number of carbonyl (C=O) groups is 2. The molecule has 1 aromatic carbocycles. The molecular weight excluding hydrogens is 326 g/mol. The fourth-order valence-electron chi connectivity index (χ4n) is 2.29. The quantitative estimate of drug-likeness (QED) is 0.874. The minimum absolute atomic E-state index is 0.131. The summed E-state index contributed by atoms with van der Waals surface area (Å²) in [5.74, 6) is -0.426. The third-order valence-corrected chi connectivity index (χ3v) is 4.06. The number of carbonyl (C=O) groups excluding carboxylic acids is 2. The molecule has 2 amide bonds. The molecule has 126 valence electrons. The summed E-state index contributed by atoms with van der Waals surface area (Å²) in [6.45, 7) is 5.35. The Balaban J connectivity index is 2.09. The Kier molecular flexibility index (Phi) is 6.32. The molecule has 0 aliphatic heterocycles. The van der Waals surface area contributed by atoms with Crippen LogP contribution >= 0.6 is 11.6 Å². The van der Waals surface area contributed by atoms with Gasteiger partial charge in [-0.1, -0.05) is 29.8 Å². The largest absolute Gasteiger partial charge is 0.348 e. The van der Waals surface area contributed by atoms with Gasteiger partial charge in [-0.3, -0.25) is 14.6 Å². The second kappa shape index (κ2) is 8.45. The zero-order chi connectivity index (χ0) is 17.5. The number of pyridine rings is 1. The number of amides is 2. The van der Waals surface area contributed by atoms with Crippen LogP contribution in [0.25, 0.3) is 0 Å². The Morgan fingerprint density at radius 3 is 2.46 bits per heavy atom. The number of hydrogen-bond acceptors (Lipinski definition) is 3. The van der Waals surface area contributed by atoms with E-state index in [1.54, 1.807) is 17.0 Å². The van der Waals surface area contributed by atoms with Crippen LogP contribution in [0, 0.1) is 0 Å². The number of halogens is 1. The second-order valence-corrected chi connectivity index (χ2v) is 5.62. The molecule has 1 heterocycles. The highest BCUT2D eigenvalue weighted by atomic mass is 35.5. The van der Waals surface area contributed by atoms with Crippen LogP contribution in [0.5, 0.6) is 0 Å². The summed E-state index contributed by atoms with van der Waals surface area (Å²) in [6, 6.07) is 8.88. The van der Waals surface area contributed by atoms with Gasteiger partial charge in [-0.25, -0.2) is 0 Å². The summed E-state index contributed by atoms with van der Waals surface area (Å²) in [7, 11) is 0. The van der Waals surface area contributed by atoms with Crippen molar-refractivity contribution in [3.05, 3.63) is 64.4 Å². The zero-order valence-electron chi connectivity index (χ0n) is 13.8. The Bertz CT molecular complexity index is 730. The first kappa shape index (κ1) is 17.9. The van der Waals surface area contributed by atoms with Crippen molar-refractivity contribution in [2.24, 2.45) is 0 Å². The Morgan fingerprint density at radius 2 is 1.79 bits per heavy atom. The van der Waals surface area contributed by atoms with Gasteiger partial charge in [0.25, 0.3) is 11.8 Å². The van der Waals surface area contributed by atoms with Gasteiger partial charge in [0.1, 0.15) is 0 Å². The predicted molar refractivity (Wildman–Crippen MR) is 94.1 cm³/mol. The molecule has 0 unspecified atom stereocenters. The number of aromatic nitrogens is 1. The first-order valence-corrected chi connectivity index (χ1v) is 8.20. The molecule has 5 nitrogen and oxygen atoms in total. The molecule has 0 aliphatic rings. The van der Waals surface area contributed by atoms with Gasteiger partial charge in [-0.15, -0.1) is 0 Å². The van der Waals surface area contributed by atoms with Crippen molar-refractivity contribution in [2.75, 3.05) is 13.1 Å². The molecule has 0 spiro atoms. The predicted octanol–water partition coefficient (Wildman–Crippen LogP) is 3.15. The number of hydrogen-bond donors (Lipinski definition) is 1. The van der Waals surface area contributed by atoms with Crippen LogP contribution < -0.4 is 5.32 Å². The Hall–Kier alpha value is -2.40. The fraction of sp³-hybridized carbons (Fsp3) is 0.278. The Labute approximate surface area is 146 Å². The first-order valence-electron chi connectivity index (χ1n) is 7.82. The lowest BCUT2D eigenvalue weighted by atomic mass is 10.1. The average molecular weight is 346 g/mol. The van der Waals surface area contributed by atoms with Crippen LogP contribution in [-0.2, 0) is 6.54 Å². The SMILES string of the molecule is CCN(CC)C(=O)c1cncc(C(=O)NCc2ccccc2Cl)c1. The molecule has 24 heavy (non-hydrogen) atoms. The number of nitrogens with zero attached hydrogens (tertiary/aromatic N) is 2. The molecule has 1 N–H and O–H groups in total. The van der Waals surface area contributed by atoms with E-state index in [9.17, 15) is 9.59 Å². The highest BCUT2D eigenvalue weighted by Gasteiger charge is 2.15. The monoisotopic (exact) mass is 345 g/mol. The summed E-state index contributed by atoms with van der Waals surface area (Å²) in [6.07, 6.45) is 2.92. The average Bonchev–Trinajstić information content (AvgIpc) is 2.62. The number of rotatable bonds is 6. The molecule has 0 atom stereocenters. The molecule has 1 aromatic heterocycles. The standard InChI is InChI=1S/C18H20ClN3O2/c1-3-22(4-2)18(24)15-9-14(10-20-11-15)17(23)21-12-13-7-5-6-8-16(13)19/h5-11H,3-4,12H2,1-2H3,(H,21,23). The number of nitrogens with one attached hydrogen (secondary N) is 1. The maximum atomic E-state index is 12.3. The molecule has 0 bridgehead atoms. The highest BCUT2D eigenvalue weighted by Crippen LogP contribution is 2.14. The normalized spacial score (nSPS) is 10.3. The van der Waals surface area contributed by atoms with Crippen LogP contribution in [0.2, 0.25) is 5.02 Å². The van der Waals surface area contributed by atoms with Gasteiger partial charge < -0.3 is 10.2 Å². The lowest BCUT2D eigenvalue weighted by Crippen LogP contribution is -2.31. The molecule has 0 saturated heterocycles. The Morgan fingerprint density at radius 1 is 1.12 bits per heavy atom. The topological polar surface area (TPSA) is 62.3 Å². The van der Waals surface area contributed by atoms with Crippen LogP contribution in [0.15, 0.2) is 42.7 Å². The second-order valence-electron chi connectivity index (χ2n) is 5.21. The van der Waals surface area contributed by atoms with Crippen molar-refractivity contribution >= 4 is 23.4 Å². The molecule has 0 saturated carbocycles. The third kappa shape index (κ3) is 4.32. The molecular formula is C18H20ClN3O2. The first-order chi connectivity index (χ1) is 11.6. The molecule has 0 aliphatic carbocycles. The maximum Gasteiger partial charge on any atom is 0.255 e. The summed E-state index contributed by atoms with van der Waals surface area (Å²) >= 11 is 6.07. The molecule has 0 radical (unpaired) electrons. The van der Waals surface area contributed by atoms with E-state index in [2.05, 4.69) is 10.3 Å². The van der Waals surface area contributed by atoms with E-state index in [1.165, 1.54) is 12.4 Å². The lowest BCUT2D eigenvalue weighted by Gasteiger charge is -2.18. The maximum absolute atomic E-state index is 12.3. The van der Waals surface area contributed by atoms with E-state index in [1.807, 2.05) is 32.0 Å². The van der Waals surface area contributed by atoms with E-state index in [4.69, 9.17) is 11.6 Å². The minimum atomic E-state index is -0.295. The lowest BCUT2D eigenvalue weighted by molar-refractivity contribution is 0.0772. The zero-order valence-corrected chi connectivity index (χ0v) is 14.5. The van der Waals surface area contributed by atoms with Crippen molar-refractivity contribution in [1.29, 1.82) is 0 Å². The van der Waals surface area contributed by atoms with E-state index in [0.717, 1.165) is 5.56 Å². The molecule has 0 fully saturated rings. The van der Waals surface area contributed by atoms with Crippen molar-refractivity contribution < 1.29 is 9.59 Å². The van der Waals surface area contributed by atoms with E-state index in [0.29, 0.717) is 35.8 Å². The summed E-state index contributed by atoms with van der Waals surface area (Å²) in [5.41, 5.74) is 1.58. The molecule has 6 heteroatoms. The molecule has 2 rings (SSSR count). The third-order valence-electron chi connectivity index (χ3n) is 3.70. The van der Waals surface area contributed by atoms with Crippen molar-refractivity contribution in [3.63, 3.8) is 0 Å². The van der Waals surface area contributed by atoms with Gasteiger partial charge in [0, 0.05) is 37.1 Å². The summed E-state index contributed by atoms with van der Waals surface area (Å²) < 4.78 is 0. The van der Waals surface area contributed by atoms with E-state index >= 15 is 0 Å². The van der Waals surface area contributed by atoms with E-state index < -0.39 is 0 Å². The van der Waals surface area contributed by atoms with Gasteiger partial charge in [-0.2, -0.15) is 0 Å². The van der Waals surface area contributed by atoms with Gasteiger partial charge in [0.05, 0.1) is 11.1 Å². The summed E-state index contributed by atoms with van der Waals surface area (Å²) in [5, 5.41) is 3.39. The van der Waals surface area contributed by atoms with Crippen LogP contribution in [0.3, 0.4) is 0 Å². The number of benzene rings is 1. The van der Waals surface area contributed by atoms with Gasteiger partial charge in [-0.05, 0) is 31.5 Å². The van der Waals surface area contributed by atoms with Crippen LogP contribution in [0.1, 0.15) is 40.1 Å². The van der Waals surface area contributed by atoms with Crippen molar-refractivity contribution in [3.8, 4) is 0 Å². The van der Waals surface area contributed by atoms with Crippen LogP contribution in [0.4, 0.5) is 0 Å². The minimum Gasteiger partial charge on any atom is -0.348 e. The highest BCUT2D eigenvalue weighted by molar-refractivity contribution is 6.31.